The van der Waals surface area contributed by atoms with E-state index in [9.17, 15) is 0 Å². The molecule has 20 heavy (non-hydrogen) atoms. The zero-order chi connectivity index (χ0) is 14.1. The van der Waals surface area contributed by atoms with E-state index in [1.165, 1.54) is 0 Å². The van der Waals surface area contributed by atoms with E-state index in [2.05, 4.69) is 15.2 Å². The van der Waals surface area contributed by atoms with Gasteiger partial charge in [0.25, 0.3) is 0 Å². The van der Waals surface area contributed by atoms with Crippen LogP contribution < -0.4 is 5.73 Å². The first kappa shape index (κ1) is 13.1. The summed E-state index contributed by atoms with van der Waals surface area (Å²) in [7, 11) is 0. The number of hydrogen-bond acceptors (Lipinski definition) is 6. The lowest BCUT2D eigenvalue weighted by atomic mass is 10.1. The third kappa shape index (κ3) is 2.66. The van der Waals surface area contributed by atoms with E-state index in [1.54, 1.807) is 11.3 Å². The van der Waals surface area contributed by atoms with Crippen LogP contribution >= 0.6 is 22.9 Å². The second-order valence-electron chi connectivity index (χ2n) is 4.22. The van der Waals surface area contributed by atoms with Gasteiger partial charge in [0.2, 0.25) is 5.89 Å². The highest BCUT2D eigenvalue weighted by atomic mass is 35.5. The smallest absolute Gasteiger partial charge is 0.312 e. The minimum absolute atomic E-state index is 0.0780. The Bertz CT molecular complexity index is 735. The first-order valence-corrected chi connectivity index (χ1v) is 7.11. The quantitative estimate of drug-likeness (QED) is 0.803. The molecule has 0 radical (unpaired) electrons. The third-order valence-corrected chi connectivity index (χ3v) is 3.94. The van der Waals surface area contributed by atoms with Crippen LogP contribution in [0, 0.1) is 6.92 Å². The SMILES string of the molecule is Cc1nc(-c2ccc(Cl)cc2)c(Cc2nnc(N)o2)s1. The Morgan fingerprint density at radius 3 is 2.65 bits per heavy atom. The minimum Gasteiger partial charge on any atom is -0.408 e. The highest BCUT2D eigenvalue weighted by Gasteiger charge is 2.14. The molecule has 102 valence electrons. The van der Waals surface area contributed by atoms with Gasteiger partial charge in [-0.15, -0.1) is 16.4 Å². The molecule has 3 aromatic rings. The highest BCUT2D eigenvalue weighted by molar-refractivity contribution is 7.12. The average Bonchev–Trinajstić information content (AvgIpc) is 2.97. The van der Waals surface area contributed by atoms with E-state index < -0.39 is 0 Å². The van der Waals surface area contributed by atoms with Gasteiger partial charge < -0.3 is 10.2 Å². The maximum atomic E-state index is 5.91. The molecule has 2 heterocycles. The fourth-order valence-corrected chi connectivity index (χ4v) is 2.97. The van der Waals surface area contributed by atoms with Crippen LogP contribution in [0.4, 0.5) is 6.01 Å². The zero-order valence-corrected chi connectivity index (χ0v) is 12.2. The van der Waals surface area contributed by atoms with E-state index >= 15 is 0 Å². The van der Waals surface area contributed by atoms with Crippen molar-refractivity contribution in [3.05, 3.63) is 45.1 Å². The molecule has 0 atom stereocenters. The molecule has 0 fully saturated rings. The highest BCUT2D eigenvalue weighted by Crippen LogP contribution is 2.30. The van der Waals surface area contributed by atoms with Crippen LogP contribution in [0.3, 0.4) is 0 Å². The lowest BCUT2D eigenvalue weighted by molar-refractivity contribution is 0.524. The minimum atomic E-state index is 0.0780. The zero-order valence-electron chi connectivity index (χ0n) is 10.6. The second kappa shape index (κ2) is 5.22. The summed E-state index contributed by atoms with van der Waals surface area (Å²) in [4.78, 5) is 5.63. The Labute approximate surface area is 124 Å². The van der Waals surface area contributed by atoms with Gasteiger partial charge in [-0.1, -0.05) is 28.8 Å². The number of nitrogen functional groups attached to an aromatic ring is 1. The fourth-order valence-electron chi connectivity index (χ4n) is 1.90. The summed E-state index contributed by atoms with van der Waals surface area (Å²) in [5.41, 5.74) is 7.37. The van der Waals surface area contributed by atoms with Crippen molar-refractivity contribution in [2.24, 2.45) is 0 Å². The maximum absolute atomic E-state index is 5.91. The number of halogens is 1. The van der Waals surface area contributed by atoms with Crippen molar-refractivity contribution in [2.75, 3.05) is 5.73 Å². The molecule has 5 nitrogen and oxygen atoms in total. The van der Waals surface area contributed by atoms with Gasteiger partial charge in [0, 0.05) is 15.5 Å². The third-order valence-electron chi connectivity index (χ3n) is 2.72. The molecule has 7 heteroatoms. The van der Waals surface area contributed by atoms with Crippen molar-refractivity contribution < 1.29 is 4.42 Å². The molecular weight excluding hydrogens is 296 g/mol. The van der Waals surface area contributed by atoms with E-state index in [0.717, 1.165) is 21.1 Å². The predicted octanol–water partition coefficient (Wildman–Crippen LogP) is 3.33. The molecule has 1 aromatic carbocycles. The Balaban J connectivity index is 1.97. The molecule has 0 aliphatic carbocycles. The van der Waals surface area contributed by atoms with Crippen molar-refractivity contribution in [2.45, 2.75) is 13.3 Å². The molecule has 2 aromatic heterocycles. The van der Waals surface area contributed by atoms with Crippen LogP contribution in [0.25, 0.3) is 11.3 Å². The molecule has 0 aliphatic rings. The lowest BCUT2D eigenvalue weighted by Gasteiger charge is -2.00. The van der Waals surface area contributed by atoms with Gasteiger partial charge in [-0.2, -0.15) is 0 Å². The van der Waals surface area contributed by atoms with Crippen LogP contribution in [-0.2, 0) is 6.42 Å². The molecule has 0 unspecified atom stereocenters. The fraction of sp³-hybridized carbons (Fsp3) is 0.154. The number of aryl methyl sites for hydroxylation is 1. The first-order valence-electron chi connectivity index (χ1n) is 5.92. The van der Waals surface area contributed by atoms with Crippen LogP contribution in [0.5, 0.6) is 0 Å². The maximum Gasteiger partial charge on any atom is 0.312 e. The molecule has 2 N–H and O–H groups in total. The summed E-state index contributed by atoms with van der Waals surface area (Å²) >= 11 is 7.52. The lowest BCUT2D eigenvalue weighted by Crippen LogP contribution is -1.89. The van der Waals surface area contributed by atoms with Crippen molar-refractivity contribution in [3.63, 3.8) is 0 Å². The normalized spacial score (nSPS) is 10.9. The Kier molecular flexibility index (Phi) is 3.42. The number of benzene rings is 1. The van der Waals surface area contributed by atoms with Crippen LogP contribution in [-0.4, -0.2) is 15.2 Å². The van der Waals surface area contributed by atoms with Gasteiger partial charge in [0.15, 0.2) is 0 Å². The summed E-state index contributed by atoms with van der Waals surface area (Å²) in [5.74, 6) is 0.487. The Morgan fingerprint density at radius 2 is 2.00 bits per heavy atom. The summed E-state index contributed by atoms with van der Waals surface area (Å²) in [6.45, 7) is 1.97. The van der Waals surface area contributed by atoms with Crippen molar-refractivity contribution in [3.8, 4) is 11.3 Å². The summed E-state index contributed by atoms with van der Waals surface area (Å²) < 4.78 is 5.22. The molecule has 0 aliphatic heterocycles. The van der Waals surface area contributed by atoms with Crippen molar-refractivity contribution >= 4 is 29.0 Å². The number of hydrogen-bond donors (Lipinski definition) is 1. The van der Waals surface area contributed by atoms with Crippen molar-refractivity contribution in [1.29, 1.82) is 0 Å². The number of aromatic nitrogens is 3. The number of anilines is 1. The van der Waals surface area contributed by atoms with E-state index in [-0.39, 0.29) is 6.01 Å². The Hall–Kier alpha value is -1.92. The number of rotatable bonds is 3. The molecule has 3 rings (SSSR count). The summed E-state index contributed by atoms with van der Waals surface area (Å²) in [6, 6.07) is 7.67. The van der Waals surface area contributed by atoms with Crippen LogP contribution in [0.1, 0.15) is 15.8 Å². The van der Waals surface area contributed by atoms with Gasteiger partial charge in [0.05, 0.1) is 17.1 Å². The largest absolute Gasteiger partial charge is 0.408 e. The first-order chi connectivity index (χ1) is 9.61. The number of thiazole rings is 1. The molecule has 0 bridgehead atoms. The van der Waals surface area contributed by atoms with Gasteiger partial charge in [-0.05, 0) is 19.1 Å². The average molecular weight is 307 g/mol. The van der Waals surface area contributed by atoms with Gasteiger partial charge in [-0.3, -0.25) is 0 Å². The molecule has 0 saturated carbocycles. The Morgan fingerprint density at radius 1 is 1.25 bits per heavy atom. The van der Waals surface area contributed by atoms with E-state index in [4.69, 9.17) is 21.8 Å². The van der Waals surface area contributed by atoms with Crippen molar-refractivity contribution in [1.82, 2.24) is 15.2 Å². The van der Waals surface area contributed by atoms with Crippen LogP contribution in [0.15, 0.2) is 28.7 Å². The van der Waals surface area contributed by atoms with E-state index in [0.29, 0.717) is 17.3 Å². The molecular formula is C13H11ClN4OS. The molecule has 0 spiro atoms. The number of nitrogens with two attached hydrogens (primary N) is 1. The second-order valence-corrected chi connectivity index (χ2v) is 5.95. The van der Waals surface area contributed by atoms with Crippen LogP contribution in [0.2, 0.25) is 5.02 Å². The van der Waals surface area contributed by atoms with Gasteiger partial charge >= 0.3 is 6.01 Å². The van der Waals surface area contributed by atoms with Gasteiger partial charge in [0.1, 0.15) is 0 Å². The molecule has 0 saturated heterocycles. The topological polar surface area (TPSA) is 77.8 Å². The summed E-state index contributed by atoms with van der Waals surface area (Å²) in [5, 5.41) is 9.23. The standard InChI is InChI=1S/C13H11ClN4OS/c1-7-16-12(8-2-4-9(14)5-3-8)10(20-7)6-11-17-18-13(15)19-11/h2-5H,6H2,1H3,(H2,15,18). The monoisotopic (exact) mass is 306 g/mol. The molecule has 0 amide bonds. The summed E-state index contributed by atoms with van der Waals surface area (Å²) in [6.07, 6.45) is 0.521. The number of nitrogens with zero attached hydrogens (tertiary/aromatic N) is 3. The predicted molar refractivity (Wildman–Crippen MR) is 78.8 cm³/mol. The van der Waals surface area contributed by atoms with Gasteiger partial charge in [-0.25, -0.2) is 4.98 Å². The van der Waals surface area contributed by atoms with E-state index in [1.807, 2.05) is 31.2 Å².